The predicted octanol–water partition coefficient (Wildman–Crippen LogP) is 3.17. The van der Waals surface area contributed by atoms with E-state index in [1.54, 1.807) is 6.20 Å². The van der Waals surface area contributed by atoms with Gasteiger partial charge in [-0.1, -0.05) is 6.92 Å². The van der Waals surface area contributed by atoms with Gasteiger partial charge in [-0.2, -0.15) is 0 Å². The van der Waals surface area contributed by atoms with E-state index >= 15 is 0 Å². The Morgan fingerprint density at radius 2 is 1.83 bits per heavy atom. The Hall–Kier alpha value is -0.850. The average Bonchev–Trinajstić information content (AvgIpc) is 2.37. The Morgan fingerprint density at radius 1 is 1.11 bits per heavy atom. The maximum Gasteiger partial charge on any atom is 0.179 e. The molecule has 0 fully saturated rings. The van der Waals surface area contributed by atoms with Crippen molar-refractivity contribution in [2.24, 2.45) is 0 Å². The molecule has 0 atom stereocenters. The molecule has 2 heterocycles. The second-order valence-corrected chi connectivity index (χ2v) is 5.45. The molecule has 0 aliphatic heterocycles. The van der Waals surface area contributed by atoms with Crippen LogP contribution in [0.15, 0.2) is 33.6 Å². The molecule has 0 bridgehead atoms. The van der Waals surface area contributed by atoms with Gasteiger partial charge in [0.05, 0.1) is 0 Å². The number of pyridine rings is 1. The van der Waals surface area contributed by atoms with Crippen molar-refractivity contribution in [1.82, 2.24) is 20.3 Å². The summed E-state index contributed by atoms with van der Waals surface area (Å²) < 4.78 is 1.79. The normalized spacial score (nSPS) is 10.6. The van der Waals surface area contributed by atoms with Gasteiger partial charge in [-0.05, 0) is 44.5 Å². The van der Waals surface area contributed by atoms with Gasteiger partial charge >= 0.3 is 0 Å². The van der Waals surface area contributed by atoms with Crippen molar-refractivity contribution >= 4 is 31.9 Å². The zero-order valence-electron chi connectivity index (χ0n) is 9.82. The molecule has 6 heteroatoms. The lowest BCUT2D eigenvalue weighted by Gasteiger charge is -2.04. The third-order valence-electron chi connectivity index (χ3n) is 2.30. The number of hydrogen-bond acceptors (Lipinski definition) is 4. The highest BCUT2D eigenvalue weighted by Gasteiger charge is 2.08. The van der Waals surface area contributed by atoms with Gasteiger partial charge in [0.2, 0.25) is 0 Å². The minimum atomic E-state index is 0.620. The standard InChI is InChI=1S/C12H12Br2N4/c1-2-15-4-8-5-17-12(18-6-8)11-10(14)3-9(13)7-16-11/h3,5-7,15H,2,4H2,1H3. The Morgan fingerprint density at radius 3 is 2.44 bits per heavy atom. The molecule has 2 aromatic rings. The van der Waals surface area contributed by atoms with E-state index in [9.17, 15) is 0 Å². The van der Waals surface area contributed by atoms with E-state index < -0.39 is 0 Å². The largest absolute Gasteiger partial charge is 0.313 e. The molecular weight excluding hydrogens is 360 g/mol. The fourth-order valence-electron chi connectivity index (χ4n) is 1.42. The zero-order valence-corrected chi connectivity index (χ0v) is 13.0. The van der Waals surface area contributed by atoms with Crippen LogP contribution in [-0.4, -0.2) is 21.5 Å². The highest BCUT2D eigenvalue weighted by molar-refractivity contribution is 9.11. The summed E-state index contributed by atoms with van der Waals surface area (Å²) in [6.45, 7) is 3.78. The number of hydrogen-bond donors (Lipinski definition) is 1. The van der Waals surface area contributed by atoms with Crippen LogP contribution >= 0.6 is 31.9 Å². The molecule has 0 unspecified atom stereocenters. The van der Waals surface area contributed by atoms with Crippen molar-refractivity contribution < 1.29 is 0 Å². The molecule has 0 aliphatic carbocycles. The molecule has 4 nitrogen and oxygen atoms in total. The van der Waals surface area contributed by atoms with Crippen LogP contribution in [0.1, 0.15) is 12.5 Å². The second kappa shape index (κ2) is 6.36. The second-order valence-electron chi connectivity index (χ2n) is 3.68. The van der Waals surface area contributed by atoms with Crippen molar-refractivity contribution in [3.63, 3.8) is 0 Å². The lowest BCUT2D eigenvalue weighted by molar-refractivity contribution is 0.721. The number of rotatable bonds is 4. The van der Waals surface area contributed by atoms with E-state index in [1.807, 2.05) is 18.5 Å². The van der Waals surface area contributed by atoms with Crippen LogP contribution < -0.4 is 5.32 Å². The molecule has 1 N–H and O–H groups in total. The van der Waals surface area contributed by atoms with E-state index in [-0.39, 0.29) is 0 Å². The molecule has 18 heavy (non-hydrogen) atoms. The molecule has 94 valence electrons. The van der Waals surface area contributed by atoms with Crippen LogP contribution in [0.3, 0.4) is 0 Å². The van der Waals surface area contributed by atoms with E-state index in [0.29, 0.717) is 5.82 Å². The summed E-state index contributed by atoms with van der Waals surface area (Å²) >= 11 is 6.83. The smallest absolute Gasteiger partial charge is 0.179 e. The Kier molecular flexibility index (Phi) is 4.79. The van der Waals surface area contributed by atoms with Crippen LogP contribution in [0.25, 0.3) is 11.5 Å². The van der Waals surface area contributed by atoms with Crippen molar-refractivity contribution in [3.8, 4) is 11.5 Å². The van der Waals surface area contributed by atoms with E-state index in [1.165, 1.54) is 0 Å². The summed E-state index contributed by atoms with van der Waals surface area (Å²) in [5.41, 5.74) is 1.81. The molecule has 0 aliphatic rings. The van der Waals surface area contributed by atoms with E-state index in [2.05, 4.69) is 59.1 Å². The summed E-state index contributed by atoms with van der Waals surface area (Å²) in [6, 6.07) is 1.93. The molecule has 2 aromatic heterocycles. The van der Waals surface area contributed by atoms with Crippen molar-refractivity contribution in [2.45, 2.75) is 13.5 Å². The number of nitrogens with one attached hydrogen (secondary N) is 1. The molecular formula is C12H12Br2N4. The van der Waals surface area contributed by atoms with Crippen molar-refractivity contribution in [2.75, 3.05) is 6.54 Å². The molecule has 0 spiro atoms. The number of halogens is 2. The first-order valence-electron chi connectivity index (χ1n) is 5.53. The summed E-state index contributed by atoms with van der Waals surface area (Å²) in [5, 5.41) is 3.23. The first-order chi connectivity index (χ1) is 8.70. The average molecular weight is 372 g/mol. The van der Waals surface area contributed by atoms with Crippen molar-refractivity contribution in [3.05, 3.63) is 39.2 Å². The van der Waals surface area contributed by atoms with E-state index in [0.717, 1.165) is 33.3 Å². The van der Waals surface area contributed by atoms with Gasteiger partial charge in [-0.15, -0.1) is 0 Å². The summed E-state index contributed by atoms with van der Waals surface area (Å²) in [5.74, 6) is 0.620. The van der Waals surface area contributed by atoms with Crippen LogP contribution in [0, 0.1) is 0 Å². The zero-order chi connectivity index (χ0) is 13.0. The van der Waals surface area contributed by atoms with Gasteiger partial charge in [-0.3, -0.25) is 4.98 Å². The van der Waals surface area contributed by atoms with Crippen LogP contribution in [0.2, 0.25) is 0 Å². The number of nitrogens with zero attached hydrogens (tertiary/aromatic N) is 3. The van der Waals surface area contributed by atoms with Gasteiger partial charge in [0.15, 0.2) is 5.82 Å². The minimum absolute atomic E-state index is 0.620. The van der Waals surface area contributed by atoms with Crippen molar-refractivity contribution in [1.29, 1.82) is 0 Å². The maximum atomic E-state index is 4.33. The van der Waals surface area contributed by atoms with Crippen LogP contribution in [0.5, 0.6) is 0 Å². The lowest BCUT2D eigenvalue weighted by atomic mass is 10.3. The maximum absolute atomic E-state index is 4.33. The molecule has 0 aromatic carbocycles. The summed E-state index contributed by atoms with van der Waals surface area (Å²) in [7, 11) is 0. The topological polar surface area (TPSA) is 50.7 Å². The molecule has 2 rings (SSSR count). The SMILES string of the molecule is CCNCc1cnc(-c2ncc(Br)cc2Br)nc1. The van der Waals surface area contributed by atoms with Gasteiger partial charge in [0.1, 0.15) is 5.69 Å². The van der Waals surface area contributed by atoms with E-state index in [4.69, 9.17) is 0 Å². The Balaban J connectivity index is 2.23. The number of aromatic nitrogens is 3. The third kappa shape index (κ3) is 3.34. The fraction of sp³-hybridized carbons (Fsp3) is 0.250. The minimum Gasteiger partial charge on any atom is -0.313 e. The van der Waals surface area contributed by atoms with Gasteiger partial charge in [0.25, 0.3) is 0 Å². The predicted molar refractivity (Wildman–Crippen MR) is 78.0 cm³/mol. The highest BCUT2D eigenvalue weighted by Crippen LogP contribution is 2.25. The van der Waals surface area contributed by atoms with Crippen LogP contribution in [0.4, 0.5) is 0 Å². The monoisotopic (exact) mass is 370 g/mol. The summed E-state index contributed by atoms with van der Waals surface area (Å²) in [6.07, 6.45) is 5.37. The van der Waals surface area contributed by atoms with Gasteiger partial charge < -0.3 is 5.32 Å². The lowest BCUT2D eigenvalue weighted by Crippen LogP contribution is -2.12. The highest BCUT2D eigenvalue weighted by atomic mass is 79.9. The first-order valence-corrected chi connectivity index (χ1v) is 7.12. The Bertz CT molecular complexity index is 528. The molecule has 0 radical (unpaired) electrons. The molecule has 0 amide bonds. The third-order valence-corrected chi connectivity index (χ3v) is 3.34. The first kappa shape index (κ1) is 13.6. The fourth-order valence-corrected chi connectivity index (χ4v) is 2.58. The Labute approximate surface area is 123 Å². The molecule has 0 saturated heterocycles. The summed E-state index contributed by atoms with van der Waals surface area (Å²) in [4.78, 5) is 13.0. The molecule has 0 saturated carbocycles. The van der Waals surface area contributed by atoms with Gasteiger partial charge in [0, 0.05) is 39.6 Å². The quantitative estimate of drug-likeness (QED) is 0.896. The van der Waals surface area contributed by atoms with Crippen LogP contribution in [-0.2, 0) is 6.54 Å². The van der Waals surface area contributed by atoms with Gasteiger partial charge in [-0.25, -0.2) is 9.97 Å².